The maximum Gasteiger partial charge on any atom is 0.340 e. The van der Waals surface area contributed by atoms with Gasteiger partial charge in [-0.05, 0) is 30.4 Å². The molecular weight excluding hydrogens is 308 g/mol. The second-order valence-electron chi connectivity index (χ2n) is 6.52. The van der Waals surface area contributed by atoms with Crippen molar-refractivity contribution >= 4 is 17.6 Å². The maximum absolute atomic E-state index is 12.3. The predicted octanol–water partition coefficient (Wildman–Crippen LogP) is 1.75. The number of aliphatic hydroxyl groups excluding tert-OH is 1. The van der Waals surface area contributed by atoms with E-state index in [-0.39, 0.29) is 19.1 Å². The summed E-state index contributed by atoms with van der Waals surface area (Å²) in [5.74, 6) is 0.249. The van der Waals surface area contributed by atoms with Crippen LogP contribution in [0.15, 0.2) is 24.3 Å². The molecule has 2 rings (SSSR count). The zero-order chi connectivity index (χ0) is 17.5. The average molecular weight is 334 g/mol. The van der Waals surface area contributed by atoms with E-state index in [1.54, 1.807) is 29.2 Å². The maximum atomic E-state index is 12.3. The lowest BCUT2D eigenvalue weighted by Crippen LogP contribution is -2.44. The fourth-order valence-corrected chi connectivity index (χ4v) is 3.17. The molecule has 1 saturated heterocycles. The van der Waals surface area contributed by atoms with Crippen LogP contribution in [0.4, 0.5) is 5.69 Å². The second-order valence-corrected chi connectivity index (χ2v) is 6.52. The van der Waals surface area contributed by atoms with Crippen LogP contribution in [0.3, 0.4) is 0 Å². The average Bonchev–Trinajstić information content (AvgIpc) is 2.57. The number of amides is 1. The van der Waals surface area contributed by atoms with Crippen molar-refractivity contribution in [2.24, 2.45) is 11.8 Å². The number of nitrogens with zero attached hydrogens (tertiary/aromatic N) is 1. The molecule has 0 saturated carbocycles. The van der Waals surface area contributed by atoms with Gasteiger partial charge in [-0.25, -0.2) is 4.79 Å². The molecule has 1 heterocycles. The summed E-state index contributed by atoms with van der Waals surface area (Å²) in [6.45, 7) is 5.76. The largest absolute Gasteiger partial charge is 0.452 e. The first-order valence-electron chi connectivity index (χ1n) is 8.40. The van der Waals surface area contributed by atoms with Gasteiger partial charge in [0.15, 0.2) is 6.61 Å². The fraction of sp³-hybridized carbons (Fsp3) is 0.556. The molecule has 0 aliphatic carbocycles. The summed E-state index contributed by atoms with van der Waals surface area (Å²) >= 11 is 0. The zero-order valence-corrected chi connectivity index (χ0v) is 14.3. The van der Waals surface area contributed by atoms with Crippen LogP contribution in [0.25, 0.3) is 0 Å². The Balaban J connectivity index is 1.92. The highest BCUT2D eigenvalue weighted by molar-refractivity contribution is 5.96. The first-order valence-corrected chi connectivity index (χ1v) is 8.40. The summed E-state index contributed by atoms with van der Waals surface area (Å²) in [4.78, 5) is 26.3. The number of rotatable bonds is 6. The molecule has 0 bridgehead atoms. The summed E-state index contributed by atoms with van der Waals surface area (Å²) in [5.41, 5.74) is 0.948. The van der Waals surface area contributed by atoms with Crippen molar-refractivity contribution in [2.75, 3.05) is 38.2 Å². The Labute approximate surface area is 142 Å². The molecule has 24 heavy (non-hydrogen) atoms. The summed E-state index contributed by atoms with van der Waals surface area (Å²) in [6, 6.07) is 6.90. The minimum Gasteiger partial charge on any atom is -0.452 e. The summed E-state index contributed by atoms with van der Waals surface area (Å²) < 4.78 is 5.20. The van der Waals surface area contributed by atoms with Gasteiger partial charge >= 0.3 is 5.97 Å². The van der Waals surface area contributed by atoms with Crippen molar-refractivity contribution in [3.63, 3.8) is 0 Å². The van der Waals surface area contributed by atoms with Gasteiger partial charge in [0.1, 0.15) is 0 Å². The molecule has 0 aromatic heterocycles. The van der Waals surface area contributed by atoms with E-state index in [0.29, 0.717) is 29.6 Å². The zero-order valence-electron chi connectivity index (χ0n) is 14.3. The highest BCUT2D eigenvalue weighted by atomic mass is 16.5. The van der Waals surface area contributed by atoms with Crippen molar-refractivity contribution in [3.8, 4) is 0 Å². The Morgan fingerprint density at radius 1 is 1.25 bits per heavy atom. The van der Waals surface area contributed by atoms with Gasteiger partial charge in [0, 0.05) is 25.3 Å². The molecule has 6 heteroatoms. The van der Waals surface area contributed by atoms with Crippen LogP contribution in [-0.4, -0.2) is 54.7 Å². The lowest BCUT2D eigenvalue weighted by molar-refractivity contribution is -0.137. The molecule has 132 valence electrons. The number of nitrogens with one attached hydrogen (secondary N) is 1. The molecule has 1 amide bonds. The van der Waals surface area contributed by atoms with Crippen molar-refractivity contribution in [3.05, 3.63) is 29.8 Å². The van der Waals surface area contributed by atoms with Gasteiger partial charge in [0.05, 0.1) is 12.2 Å². The van der Waals surface area contributed by atoms with Gasteiger partial charge in [-0.15, -0.1) is 0 Å². The summed E-state index contributed by atoms with van der Waals surface area (Å²) in [7, 11) is 0. The fourth-order valence-electron chi connectivity index (χ4n) is 3.17. The van der Waals surface area contributed by atoms with Crippen LogP contribution in [-0.2, 0) is 9.53 Å². The summed E-state index contributed by atoms with van der Waals surface area (Å²) in [6.07, 6.45) is 1.12. The number of piperidine rings is 1. The Kier molecular flexibility index (Phi) is 6.61. The first-order chi connectivity index (χ1) is 11.5. The van der Waals surface area contributed by atoms with Crippen LogP contribution < -0.4 is 5.32 Å². The lowest BCUT2D eigenvalue weighted by atomic mass is 9.92. The Hall–Kier alpha value is -2.08. The third-order valence-corrected chi connectivity index (χ3v) is 4.12. The van der Waals surface area contributed by atoms with Crippen LogP contribution >= 0.6 is 0 Å². The number of hydrogen-bond acceptors (Lipinski definition) is 5. The van der Waals surface area contributed by atoms with Gasteiger partial charge in [-0.2, -0.15) is 0 Å². The number of aliphatic hydroxyl groups is 1. The number of carbonyl (C=O) groups excluding carboxylic acids is 2. The molecule has 0 unspecified atom stereocenters. The number of ether oxygens (including phenoxy) is 1. The predicted molar refractivity (Wildman–Crippen MR) is 91.8 cm³/mol. The van der Waals surface area contributed by atoms with Crippen molar-refractivity contribution < 1.29 is 19.4 Å². The van der Waals surface area contributed by atoms with E-state index in [2.05, 4.69) is 19.2 Å². The van der Waals surface area contributed by atoms with E-state index < -0.39 is 5.97 Å². The molecule has 1 aliphatic rings. The molecule has 2 N–H and O–H groups in total. The van der Waals surface area contributed by atoms with Gasteiger partial charge in [-0.3, -0.25) is 4.79 Å². The third kappa shape index (κ3) is 4.96. The van der Waals surface area contributed by atoms with Crippen LogP contribution in [0, 0.1) is 11.8 Å². The van der Waals surface area contributed by atoms with E-state index >= 15 is 0 Å². The van der Waals surface area contributed by atoms with E-state index in [1.807, 2.05) is 0 Å². The van der Waals surface area contributed by atoms with E-state index in [9.17, 15) is 9.59 Å². The van der Waals surface area contributed by atoms with E-state index in [4.69, 9.17) is 9.84 Å². The standard InChI is InChI=1S/C18H26N2O4/c1-13-9-14(2)11-20(10-13)17(22)12-24-18(23)15-5-3-4-6-16(15)19-7-8-21/h3-6,13-14,19,21H,7-12H2,1-2H3/t13-,14-/m0/s1. The molecule has 1 aromatic rings. The Morgan fingerprint density at radius 2 is 1.92 bits per heavy atom. The molecule has 2 atom stereocenters. The van der Waals surface area contributed by atoms with Gasteiger partial charge in [0.2, 0.25) is 0 Å². The second kappa shape index (κ2) is 8.68. The quantitative estimate of drug-likeness (QED) is 0.775. The van der Waals surface area contributed by atoms with Crippen LogP contribution in [0.5, 0.6) is 0 Å². The normalized spacial score (nSPS) is 20.5. The number of para-hydroxylation sites is 1. The van der Waals surface area contributed by atoms with Gasteiger partial charge in [-0.1, -0.05) is 26.0 Å². The van der Waals surface area contributed by atoms with Crippen LogP contribution in [0.1, 0.15) is 30.6 Å². The highest BCUT2D eigenvalue weighted by Gasteiger charge is 2.26. The van der Waals surface area contributed by atoms with Gasteiger partial charge in [0.25, 0.3) is 5.91 Å². The minimum absolute atomic E-state index is 0.0345. The van der Waals surface area contributed by atoms with Crippen molar-refractivity contribution in [1.29, 1.82) is 0 Å². The van der Waals surface area contributed by atoms with E-state index in [1.165, 1.54) is 0 Å². The first kappa shape index (κ1) is 18.3. The molecular formula is C18H26N2O4. The smallest absolute Gasteiger partial charge is 0.340 e. The minimum atomic E-state index is -0.539. The van der Waals surface area contributed by atoms with Gasteiger partial charge < -0.3 is 20.1 Å². The van der Waals surface area contributed by atoms with Crippen LogP contribution in [0.2, 0.25) is 0 Å². The highest BCUT2D eigenvalue weighted by Crippen LogP contribution is 2.21. The van der Waals surface area contributed by atoms with Crippen molar-refractivity contribution in [2.45, 2.75) is 20.3 Å². The monoisotopic (exact) mass is 334 g/mol. The SMILES string of the molecule is C[C@H]1C[C@H](C)CN(C(=O)COC(=O)c2ccccc2NCCO)C1. The lowest BCUT2D eigenvalue weighted by Gasteiger charge is -2.34. The number of likely N-dealkylation sites (tertiary alicyclic amines) is 1. The number of hydrogen-bond donors (Lipinski definition) is 2. The number of benzene rings is 1. The number of esters is 1. The van der Waals surface area contributed by atoms with Crippen molar-refractivity contribution in [1.82, 2.24) is 4.90 Å². The van der Waals surface area contributed by atoms with E-state index in [0.717, 1.165) is 19.5 Å². The Bertz CT molecular complexity index is 566. The molecule has 1 aromatic carbocycles. The summed E-state index contributed by atoms with van der Waals surface area (Å²) in [5, 5.41) is 11.9. The third-order valence-electron chi connectivity index (χ3n) is 4.12. The topological polar surface area (TPSA) is 78.9 Å². The molecule has 0 spiro atoms. The number of carbonyl (C=O) groups is 2. The molecule has 6 nitrogen and oxygen atoms in total. The Morgan fingerprint density at radius 3 is 2.58 bits per heavy atom. The molecule has 1 fully saturated rings. The molecule has 0 radical (unpaired) electrons. The molecule has 1 aliphatic heterocycles. The number of anilines is 1.